The number of hydrogen-bond donors (Lipinski definition) is 0. The maximum atomic E-state index is 5.55. The van der Waals surface area contributed by atoms with Gasteiger partial charge in [-0.15, -0.1) is 0 Å². The second-order valence-corrected chi connectivity index (χ2v) is 19.6. The van der Waals surface area contributed by atoms with E-state index in [-0.39, 0.29) is 0 Å². The molecule has 0 fully saturated rings. The number of unbranched alkanes of at least 4 members (excludes halogenated alkanes) is 3. The van der Waals surface area contributed by atoms with Gasteiger partial charge in [0.25, 0.3) is 0 Å². The van der Waals surface area contributed by atoms with Crippen LogP contribution in [0.3, 0.4) is 0 Å². The Morgan fingerprint density at radius 1 is 0.955 bits per heavy atom. The van der Waals surface area contributed by atoms with Crippen molar-refractivity contribution in [3.63, 3.8) is 0 Å². The first-order valence-corrected chi connectivity index (χ1v) is 16.7. The molecule has 1 aromatic heterocycles. The van der Waals surface area contributed by atoms with Gasteiger partial charge in [0.1, 0.15) is 0 Å². The molecule has 0 saturated carbocycles. The van der Waals surface area contributed by atoms with E-state index in [1.807, 2.05) is 0 Å². The third kappa shape index (κ3) is 4.44. The van der Waals surface area contributed by atoms with Gasteiger partial charge in [0.05, 0.1) is 0 Å². The van der Waals surface area contributed by atoms with Crippen molar-refractivity contribution >= 4 is 22.2 Å². The quantitative estimate of drug-likeness (QED) is 0.530. The maximum absolute atomic E-state index is 5.55. The van der Waals surface area contributed by atoms with Crippen molar-refractivity contribution in [1.29, 1.82) is 0 Å². The summed E-state index contributed by atoms with van der Waals surface area (Å²) in [6.45, 7) is 8.34. The van der Waals surface area contributed by atoms with Crippen molar-refractivity contribution in [2.75, 3.05) is 0 Å². The van der Waals surface area contributed by atoms with Gasteiger partial charge in [-0.1, -0.05) is 0 Å². The van der Waals surface area contributed by atoms with Crippen LogP contribution in [0.1, 0.15) is 70.6 Å². The standard InChI is InChI=1S/C6H5N2O.3C4H9.Sn/c1-5-2-9-3-6(5)8-4-7-1;3*1-3-4-2;/h1H,2-3H2;3*1,3-4H2,2H3;. The molecule has 0 N–H and O–H groups in total. The Morgan fingerprint density at radius 2 is 1.55 bits per heavy atom. The summed E-state index contributed by atoms with van der Waals surface area (Å²) in [4.78, 5) is 9.93. The zero-order chi connectivity index (χ0) is 15.8. The molecule has 0 bridgehead atoms. The van der Waals surface area contributed by atoms with Gasteiger partial charge in [0.2, 0.25) is 0 Å². The topological polar surface area (TPSA) is 35.0 Å². The molecule has 2 rings (SSSR count). The first-order valence-electron chi connectivity index (χ1n) is 9.18. The fourth-order valence-electron chi connectivity index (χ4n) is 3.46. The van der Waals surface area contributed by atoms with E-state index in [0.29, 0.717) is 13.2 Å². The average molecular weight is 411 g/mol. The van der Waals surface area contributed by atoms with E-state index in [4.69, 9.17) is 14.7 Å². The van der Waals surface area contributed by atoms with Gasteiger partial charge >= 0.3 is 140 Å². The summed E-state index contributed by atoms with van der Waals surface area (Å²) in [5.74, 6) is 0. The molecule has 1 aliphatic heterocycles. The van der Waals surface area contributed by atoms with Crippen LogP contribution in [-0.2, 0) is 18.0 Å². The van der Waals surface area contributed by atoms with Crippen LogP contribution in [0.5, 0.6) is 0 Å². The molecule has 0 unspecified atom stereocenters. The van der Waals surface area contributed by atoms with Crippen molar-refractivity contribution in [2.24, 2.45) is 0 Å². The molecule has 0 aliphatic carbocycles. The normalized spacial score (nSPS) is 14.3. The van der Waals surface area contributed by atoms with E-state index in [9.17, 15) is 0 Å². The van der Waals surface area contributed by atoms with Crippen LogP contribution in [-0.4, -0.2) is 28.3 Å². The molecular weight excluding hydrogens is 379 g/mol. The minimum absolute atomic E-state index is 0.697. The van der Waals surface area contributed by atoms with Crippen LogP contribution in [0.15, 0.2) is 6.20 Å². The Bertz CT molecular complexity index is 443. The van der Waals surface area contributed by atoms with E-state index in [0.717, 1.165) is 0 Å². The third-order valence-electron chi connectivity index (χ3n) is 4.95. The number of nitrogens with zero attached hydrogens (tertiary/aromatic N) is 2. The van der Waals surface area contributed by atoms with E-state index >= 15 is 0 Å². The summed E-state index contributed by atoms with van der Waals surface area (Å²) in [6, 6.07) is 0. The first kappa shape index (κ1) is 18.2. The van der Waals surface area contributed by atoms with E-state index < -0.39 is 18.4 Å². The van der Waals surface area contributed by atoms with Gasteiger partial charge < -0.3 is 0 Å². The van der Waals surface area contributed by atoms with Crippen molar-refractivity contribution < 1.29 is 4.74 Å². The average Bonchev–Trinajstić information content (AvgIpc) is 3.02. The number of hydrogen-bond acceptors (Lipinski definition) is 3. The fraction of sp³-hybridized carbons (Fsp3) is 0.778. The summed E-state index contributed by atoms with van der Waals surface area (Å²) in [5.41, 5.74) is 2.39. The number of ether oxygens (including phenoxy) is 1. The molecule has 22 heavy (non-hydrogen) atoms. The molecule has 1 aromatic rings. The van der Waals surface area contributed by atoms with Gasteiger partial charge in [0, 0.05) is 0 Å². The molecule has 4 heteroatoms. The van der Waals surface area contributed by atoms with Crippen LogP contribution in [0.4, 0.5) is 0 Å². The first-order chi connectivity index (χ1) is 10.8. The van der Waals surface area contributed by atoms with Crippen LogP contribution in [0.25, 0.3) is 0 Å². The van der Waals surface area contributed by atoms with Crippen LogP contribution in [0.2, 0.25) is 13.3 Å². The van der Waals surface area contributed by atoms with Crippen molar-refractivity contribution in [3.8, 4) is 0 Å². The number of aromatic nitrogens is 2. The Hall–Kier alpha value is -0.161. The molecule has 0 atom stereocenters. The second kappa shape index (κ2) is 9.21. The number of fused-ring (bicyclic) bond motifs is 1. The summed E-state index contributed by atoms with van der Waals surface area (Å²) in [7, 11) is 0. The number of rotatable bonds is 10. The van der Waals surface area contributed by atoms with Crippen LogP contribution in [0, 0.1) is 0 Å². The predicted molar refractivity (Wildman–Crippen MR) is 95.1 cm³/mol. The monoisotopic (exact) mass is 412 g/mol. The van der Waals surface area contributed by atoms with Gasteiger partial charge in [-0.3, -0.25) is 0 Å². The summed E-state index contributed by atoms with van der Waals surface area (Å²) >= 11 is -2.44. The predicted octanol–water partition coefficient (Wildman–Crippen LogP) is 4.56. The molecule has 3 nitrogen and oxygen atoms in total. The molecule has 1 aliphatic rings. The molecular formula is C18H32N2OSn. The molecule has 0 radical (unpaired) electrons. The van der Waals surface area contributed by atoms with E-state index in [1.54, 1.807) is 0 Å². The molecule has 2 heterocycles. The van der Waals surface area contributed by atoms with Crippen molar-refractivity contribution in [1.82, 2.24) is 9.97 Å². The van der Waals surface area contributed by atoms with Crippen LogP contribution >= 0.6 is 0 Å². The Morgan fingerprint density at radius 3 is 2.09 bits per heavy atom. The molecule has 0 amide bonds. The zero-order valence-electron chi connectivity index (χ0n) is 14.7. The van der Waals surface area contributed by atoms with E-state index in [2.05, 4.69) is 27.0 Å². The minimum atomic E-state index is -2.44. The van der Waals surface area contributed by atoms with Gasteiger partial charge in [0.15, 0.2) is 0 Å². The van der Waals surface area contributed by atoms with Gasteiger partial charge in [-0.2, -0.15) is 0 Å². The molecule has 0 spiro atoms. The molecule has 0 saturated heterocycles. The third-order valence-corrected chi connectivity index (χ3v) is 19.6. The van der Waals surface area contributed by atoms with Crippen molar-refractivity contribution in [2.45, 2.75) is 85.8 Å². The van der Waals surface area contributed by atoms with Gasteiger partial charge in [-0.05, 0) is 0 Å². The zero-order valence-corrected chi connectivity index (χ0v) is 17.5. The van der Waals surface area contributed by atoms with E-state index in [1.165, 1.54) is 66.9 Å². The van der Waals surface area contributed by atoms with Crippen molar-refractivity contribution in [3.05, 3.63) is 17.5 Å². The SMILES string of the molecule is CCC[CH2][Sn]([CH2]CCC)([CH2]CCC)[c]1ncc2c(n1)COC2. The summed E-state index contributed by atoms with van der Waals surface area (Å²) in [6.07, 6.45) is 10.0. The summed E-state index contributed by atoms with van der Waals surface area (Å²) in [5, 5.41) is 0. The Labute approximate surface area is 140 Å². The van der Waals surface area contributed by atoms with Gasteiger partial charge in [-0.25, -0.2) is 0 Å². The second-order valence-electron chi connectivity index (χ2n) is 6.75. The molecule has 0 aromatic carbocycles. The molecule has 124 valence electrons. The Kier molecular flexibility index (Phi) is 7.61. The Balaban J connectivity index is 2.30. The summed E-state index contributed by atoms with van der Waals surface area (Å²) < 4.78 is 11.2. The fourth-order valence-corrected chi connectivity index (χ4v) is 18.4. The van der Waals surface area contributed by atoms with Crippen LogP contribution < -0.4 is 3.84 Å².